The van der Waals surface area contributed by atoms with E-state index in [0.717, 1.165) is 0 Å². The second-order valence-corrected chi connectivity index (χ2v) is 20.3. The zero-order valence-corrected chi connectivity index (χ0v) is 34.7. The average Bonchev–Trinajstić information content (AvgIpc) is 3.29. The predicted molar refractivity (Wildman–Crippen MR) is 234 cm³/mol. The molecule has 296 valence electrons. The van der Waals surface area contributed by atoms with Gasteiger partial charge in [-0.1, -0.05) is 182 Å². The summed E-state index contributed by atoms with van der Waals surface area (Å²) in [7, 11) is -6.09. The van der Waals surface area contributed by atoms with Crippen LogP contribution in [0.2, 0.25) is 0 Å². The summed E-state index contributed by atoms with van der Waals surface area (Å²) in [6.07, 6.45) is 0. The third-order valence-electron chi connectivity index (χ3n) is 9.62. The molecule has 6 aromatic rings. The fraction of sp³-hybridized carbons (Fsp3) is 0.250. The van der Waals surface area contributed by atoms with Crippen LogP contribution in [0.3, 0.4) is 0 Å². The summed E-state index contributed by atoms with van der Waals surface area (Å²) >= 11 is 0. The topological polar surface area (TPSA) is 64.6 Å². The Balaban J connectivity index is 0.000000257. The molecular formula is C48H54O7Si2. The molecule has 1 heterocycles. The molecule has 1 saturated heterocycles. The van der Waals surface area contributed by atoms with E-state index in [1.165, 1.54) is 31.1 Å². The Bertz CT molecular complexity index is 1530. The molecule has 6 aromatic carbocycles. The van der Waals surface area contributed by atoms with Gasteiger partial charge in [-0.05, 0) is 31.1 Å². The highest BCUT2D eigenvalue weighted by atomic mass is 28.4. The average molecular weight is 799 g/mol. The van der Waals surface area contributed by atoms with E-state index in [9.17, 15) is 0 Å². The van der Waals surface area contributed by atoms with Gasteiger partial charge in [-0.2, -0.15) is 0 Å². The Hall–Kier alpha value is -4.53. The van der Waals surface area contributed by atoms with Gasteiger partial charge in [0.05, 0.1) is 79.3 Å². The first-order chi connectivity index (χ1) is 28.3. The number of hydrogen-bond donors (Lipinski definition) is 0. The zero-order chi connectivity index (χ0) is 39.1. The second-order valence-electron chi connectivity index (χ2n) is 13.3. The molecule has 7 nitrogen and oxygen atoms in total. The molecule has 1 fully saturated rings. The third-order valence-corrected chi connectivity index (χ3v) is 18.9. The van der Waals surface area contributed by atoms with Crippen molar-refractivity contribution in [2.45, 2.75) is 0 Å². The van der Waals surface area contributed by atoms with Gasteiger partial charge in [0.1, 0.15) is 0 Å². The largest absolute Gasteiger partial charge is 0.435 e. The quantitative estimate of drug-likeness (QED) is 0.167. The molecular weight excluding hydrogens is 745 g/mol. The van der Waals surface area contributed by atoms with Gasteiger partial charge in [0.2, 0.25) is 0 Å². The summed E-state index contributed by atoms with van der Waals surface area (Å²) in [4.78, 5) is 0. The van der Waals surface area contributed by atoms with Crippen LogP contribution in [0.4, 0.5) is 0 Å². The minimum atomic E-state index is -3.05. The SMILES string of the molecule is C1COCCOCCOCCOCCOCCO1.c1ccc([Si](O[Si](c2ccccc2)(c2ccccc2)c2ccccc2)(c2ccccc2)c2ccccc2)cc1. The summed E-state index contributed by atoms with van der Waals surface area (Å²) in [5.74, 6) is 0. The van der Waals surface area contributed by atoms with Crippen molar-refractivity contribution in [3.05, 3.63) is 182 Å². The summed E-state index contributed by atoms with van der Waals surface area (Å²) in [5, 5.41) is 7.43. The minimum Gasteiger partial charge on any atom is -0.435 e. The van der Waals surface area contributed by atoms with Crippen molar-refractivity contribution in [2.75, 3.05) is 79.3 Å². The highest BCUT2D eigenvalue weighted by Gasteiger charge is 2.52. The van der Waals surface area contributed by atoms with Crippen molar-refractivity contribution in [1.29, 1.82) is 0 Å². The van der Waals surface area contributed by atoms with Gasteiger partial charge in [0, 0.05) is 0 Å². The van der Waals surface area contributed by atoms with Crippen molar-refractivity contribution in [1.82, 2.24) is 0 Å². The Kier molecular flexibility index (Phi) is 17.5. The smallest absolute Gasteiger partial charge is 0.278 e. The first-order valence-electron chi connectivity index (χ1n) is 19.8. The van der Waals surface area contributed by atoms with Crippen LogP contribution in [0.5, 0.6) is 0 Å². The zero-order valence-electron chi connectivity index (χ0n) is 32.7. The molecule has 0 aromatic heterocycles. The first kappa shape index (κ1) is 42.1. The maximum Gasteiger partial charge on any atom is 0.278 e. The van der Waals surface area contributed by atoms with Crippen molar-refractivity contribution in [3.8, 4) is 0 Å². The molecule has 0 amide bonds. The molecule has 0 N–H and O–H groups in total. The lowest BCUT2D eigenvalue weighted by molar-refractivity contribution is -0.0334. The van der Waals surface area contributed by atoms with Crippen molar-refractivity contribution < 1.29 is 32.5 Å². The molecule has 9 heteroatoms. The van der Waals surface area contributed by atoms with Crippen LogP contribution in [-0.2, 0) is 32.5 Å². The van der Waals surface area contributed by atoms with Crippen LogP contribution in [0, 0.1) is 0 Å². The van der Waals surface area contributed by atoms with E-state index in [-0.39, 0.29) is 0 Å². The number of benzene rings is 6. The Morgan fingerprint density at radius 1 is 0.228 bits per heavy atom. The van der Waals surface area contributed by atoms with Gasteiger partial charge in [0.15, 0.2) is 0 Å². The van der Waals surface area contributed by atoms with Gasteiger partial charge in [-0.15, -0.1) is 0 Å². The third kappa shape index (κ3) is 11.8. The summed E-state index contributed by atoms with van der Waals surface area (Å²) in [6, 6.07) is 65.3. The van der Waals surface area contributed by atoms with Crippen molar-refractivity contribution in [3.63, 3.8) is 0 Å². The molecule has 0 atom stereocenters. The fourth-order valence-electron chi connectivity index (χ4n) is 6.94. The second kappa shape index (κ2) is 23.6. The maximum atomic E-state index is 8.22. The van der Waals surface area contributed by atoms with E-state index in [1.807, 2.05) is 0 Å². The molecule has 7 rings (SSSR count). The van der Waals surface area contributed by atoms with Gasteiger partial charge < -0.3 is 32.5 Å². The van der Waals surface area contributed by atoms with E-state index in [1.54, 1.807) is 0 Å². The van der Waals surface area contributed by atoms with Crippen molar-refractivity contribution in [2.24, 2.45) is 0 Å². The summed E-state index contributed by atoms with van der Waals surface area (Å²) in [6.45, 7) is 7.04. The molecule has 1 aliphatic rings. The molecule has 0 aliphatic carbocycles. The molecule has 57 heavy (non-hydrogen) atoms. The van der Waals surface area contributed by atoms with E-state index in [4.69, 9.17) is 32.5 Å². The van der Waals surface area contributed by atoms with Crippen LogP contribution in [0.1, 0.15) is 0 Å². The van der Waals surface area contributed by atoms with Crippen LogP contribution in [0.15, 0.2) is 182 Å². The monoisotopic (exact) mass is 798 g/mol. The number of hydrogen-bond acceptors (Lipinski definition) is 7. The standard InChI is InChI=1S/C36H30OSi2.C12H24O6/c1-7-19-31(20-8-1)38(32-21-9-2-10-22-32,33-23-11-3-12-24-33)37-39(34-25-13-4-14-26-34,35-27-15-5-16-28-35)36-29-17-6-18-30-36;1-2-14-5-6-16-9-10-18-12-11-17-8-7-15-4-3-13-1/h1-30H;1-12H2. The molecule has 0 radical (unpaired) electrons. The Labute approximate surface area is 340 Å². The van der Waals surface area contributed by atoms with Crippen molar-refractivity contribution >= 4 is 47.8 Å². The van der Waals surface area contributed by atoms with Gasteiger partial charge in [0.25, 0.3) is 16.6 Å². The number of ether oxygens (including phenoxy) is 6. The Morgan fingerprint density at radius 2 is 0.368 bits per heavy atom. The van der Waals surface area contributed by atoms with E-state index in [2.05, 4.69) is 182 Å². The molecule has 0 unspecified atom stereocenters. The van der Waals surface area contributed by atoms with E-state index < -0.39 is 16.6 Å². The summed E-state index contributed by atoms with van der Waals surface area (Å²) in [5.41, 5.74) is 0. The van der Waals surface area contributed by atoms with Crippen LogP contribution < -0.4 is 31.1 Å². The highest BCUT2D eigenvalue weighted by molar-refractivity contribution is 7.18. The Morgan fingerprint density at radius 3 is 0.509 bits per heavy atom. The molecule has 1 aliphatic heterocycles. The first-order valence-corrected chi connectivity index (χ1v) is 23.7. The normalized spacial score (nSPS) is 15.6. The van der Waals surface area contributed by atoms with E-state index in [0.29, 0.717) is 79.3 Å². The van der Waals surface area contributed by atoms with Gasteiger partial charge in [-0.25, -0.2) is 0 Å². The van der Waals surface area contributed by atoms with Crippen LogP contribution in [-0.4, -0.2) is 95.9 Å². The van der Waals surface area contributed by atoms with Gasteiger partial charge in [-0.3, -0.25) is 0 Å². The van der Waals surface area contributed by atoms with Gasteiger partial charge >= 0.3 is 0 Å². The molecule has 0 saturated carbocycles. The van der Waals surface area contributed by atoms with Crippen LogP contribution in [0.25, 0.3) is 0 Å². The predicted octanol–water partition coefficient (Wildman–Crippen LogP) is 4.44. The fourth-order valence-corrected chi connectivity index (χ4v) is 17.6. The lowest BCUT2D eigenvalue weighted by Gasteiger charge is -2.44. The lowest BCUT2D eigenvalue weighted by atomic mass is 10.3. The highest BCUT2D eigenvalue weighted by Crippen LogP contribution is 2.19. The van der Waals surface area contributed by atoms with Crippen LogP contribution >= 0.6 is 0 Å². The molecule has 0 bridgehead atoms. The minimum absolute atomic E-state index is 0.586. The van der Waals surface area contributed by atoms with E-state index >= 15 is 0 Å². The summed E-state index contributed by atoms with van der Waals surface area (Å²) < 4.78 is 40.2. The molecule has 0 spiro atoms. The number of rotatable bonds is 8. The lowest BCUT2D eigenvalue weighted by Crippen LogP contribution is -2.81. The maximum absolute atomic E-state index is 8.22.